The molecule has 0 bridgehead atoms. The Hall–Kier alpha value is -2.54. The predicted octanol–water partition coefficient (Wildman–Crippen LogP) is 4.07. The normalized spacial score (nSPS) is 12.5. The highest BCUT2D eigenvalue weighted by Crippen LogP contribution is 2.30. The zero-order valence-electron chi connectivity index (χ0n) is 17.7. The van der Waals surface area contributed by atoms with E-state index < -0.39 is 10.0 Å². The number of para-hydroxylation sites is 2. The lowest BCUT2D eigenvalue weighted by molar-refractivity contribution is 0.0937. The molecule has 0 saturated heterocycles. The molecule has 2 rings (SSSR count). The number of anilines is 1. The van der Waals surface area contributed by atoms with Crippen LogP contribution in [0.5, 0.6) is 5.75 Å². The molecule has 0 spiro atoms. The molecule has 0 aliphatic heterocycles. The van der Waals surface area contributed by atoms with E-state index in [4.69, 9.17) is 4.74 Å². The molecule has 0 aliphatic rings. The Morgan fingerprint density at radius 2 is 1.66 bits per heavy atom. The summed E-state index contributed by atoms with van der Waals surface area (Å²) in [7, 11) is -0.815. The predicted molar refractivity (Wildman–Crippen MR) is 116 cm³/mol. The van der Waals surface area contributed by atoms with Gasteiger partial charge in [0.05, 0.1) is 17.7 Å². The van der Waals surface area contributed by atoms with Crippen molar-refractivity contribution < 1.29 is 17.9 Å². The molecule has 0 saturated carbocycles. The van der Waals surface area contributed by atoms with Crippen molar-refractivity contribution in [2.24, 2.45) is 5.92 Å². The van der Waals surface area contributed by atoms with E-state index in [0.29, 0.717) is 22.9 Å². The van der Waals surface area contributed by atoms with E-state index in [1.807, 2.05) is 6.92 Å². The summed E-state index contributed by atoms with van der Waals surface area (Å²) in [5, 5.41) is 2.96. The second-order valence-corrected chi connectivity index (χ2v) is 9.48. The van der Waals surface area contributed by atoms with Crippen LogP contribution in [0.1, 0.15) is 44.0 Å². The van der Waals surface area contributed by atoms with Gasteiger partial charge < -0.3 is 10.1 Å². The number of amides is 1. The molecular formula is C22H30N2O4S. The van der Waals surface area contributed by atoms with Crippen LogP contribution in [0.3, 0.4) is 0 Å². The minimum Gasteiger partial charge on any atom is -0.495 e. The van der Waals surface area contributed by atoms with Gasteiger partial charge in [0.25, 0.3) is 15.9 Å². The van der Waals surface area contributed by atoms with E-state index in [0.717, 1.165) is 12.8 Å². The van der Waals surface area contributed by atoms with Gasteiger partial charge in [0.15, 0.2) is 0 Å². The standard InChI is InChI=1S/C22H30N2O4S/c1-16(2)10-11-17(3)23-22(25)18-12-14-19(15-13-18)29(26,27)24(4)20-8-6-7-9-21(20)28-5/h6-9,12-17H,10-11H2,1-5H3,(H,23,25). The zero-order chi connectivity index (χ0) is 21.6. The van der Waals surface area contributed by atoms with Crippen LogP contribution in [0.15, 0.2) is 53.4 Å². The summed E-state index contributed by atoms with van der Waals surface area (Å²) in [6, 6.07) is 12.9. The molecule has 7 heteroatoms. The Morgan fingerprint density at radius 3 is 2.24 bits per heavy atom. The van der Waals surface area contributed by atoms with Crippen LogP contribution in [0, 0.1) is 5.92 Å². The first kappa shape index (κ1) is 22.7. The third kappa shape index (κ3) is 5.73. The lowest BCUT2D eigenvalue weighted by Crippen LogP contribution is -2.32. The molecule has 2 aromatic carbocycles. The fourth-order valence-electron chi connectivity index (χ4n) is 2.92. The minimum absolute atomic E-state index is 0.0602. The molecule has 0 radical (unpaired) electrons. The number of nitrogens with zero attached hydrogens (tertiary/aromatic N) is 1. The van der Waals surface area contributed by atoms with Crippen LogP contribution in [-0.2, 0) is 10.0 Å². The number of sulfonamides is 1. The van der Waals surface area contributed by atoms with E-state index >= 15 is 0 Å². The number of hydrogen-bond acceptors (Lipinski definition) is 4. The molecule has 1 unspecified atom stereocenters. The molecular weight excluding hydrogens is 388 g/mol. The van der Waals surface area contributed by atoms with Crippen LogP contribution in [0.25, 0.3) is 0 Å². The highest BCUT2D eigenvalue weighted by Gasteiger charge is 2.24. The number of carbonyl (C=O) groups excluding carboxylic acids is 1. The summed E-state index contributed by atoms with van der Waals surface area (Å²) in [6.45, 7) is 6.27. The molecule has 29 heavy (non-hydrogen) atoms. The molecule has 1 atom stereocenters. The van der Waals surface area contributed by atoms with Crippen molar-refractivity contribution in [3.63, 3.8) is 0 Å². The van der Waals surface area contributed by atoms with Gasteiger partial charge in [0.1, 0.15) is 5.75 Å². The van der Waals surface area contributed by atoms with E-state index in [-0.39, 0.29) is 16.8 Å². The second kappa shape index (κ2) is 9.78. The SMILES string of the molecule is COc1ccccc1N(C)S(=O)(=O)c1ccc(C(=O)NC(C)CCC(C)C)cc1. The zero-order valence-corrected chi connectivity index (χ0v) is 18.5. The van der Waals surface area contributed by atoms with Gasteiger partial charge >= 0.3 is 0 Å². The monoisotopic (exact) mass is 418 g/mol. The molecule has 1 N–H and O–H groups in total. The number of ether oxygens (including phenoxy) is 1. The maximum Gasteiger partial charge on any atom is 0.264 e. The fraction of sp³-hybridized carbons (Fsp3) is 0.409. The molecule has 0 aliphatic carbocycles. The van der Waals surface area contributed by atoms with Gasteiger partial charge in [-0.3, -0.25) is 9.10 Å². The molecule has 2 aromatic rings. The smallest absolute Gasteiger partial charge is 0.264 e. The van der Waals surface area contributed by atoms with Crippen molar-refractivity contribution in [1.82, 2.24) is 5.32 Å². The summed E-state index contributed by atoms with van der Waals surface area (Å²) in [5.41, 5.74) is 0.871. The summed E-state index contributed by atoms with van der Waals surface area (Å²) >= 11 is 0. The molecule has 0 heterocycles. The fourth-order valence-corrected chi connectivity index (χ4v) is 4.12. The van der Waals surface area contributed by atoms with Crippen molar-refractivity contribution in [2.75, 3.05) is 18.5 Å². The number of methoxy groups -OCH3 is 1. The summed E-state index contributed by atoms with van der Waals surface area (Å²) in [6.07, 6.45) is 1.94. The van der Waals surface area contributed by atoms with Crippen LogP contribution < -0.4 is 14.4 Å². The summed E-state index contributed by atoms with van der Waals surface area (Å²) in [5.74, 6) is 0.840. The van der Waals surface area contributed by atoms with Gasteiger partial charge in [-0.2, -0.15) is 0 Å². The molecule has 1 amide bonds. The van der Waals surface area contributed by atoms with E-state index in [1.54, 1.807) is 24.3 Å². The second-order valence-electron chi connectivity index (χ2n) is 7.51. The van der Waals surface area contributed by atoms with Crippen LogP contribution in [0.2, 0.25) is 0 Å². The van der Waals surface area contributed by atoms with Gasteiger partial charge in [-0.05, 0) is 62.1 Å². The minimum atomic E-state index is -3.79. The number of carbonyl (C=O) groups is 1. The maximum absolute atomic E-state index is 13.0. The lowest BCUT2D eigenvalue weighted by atomic mass is 10.0. The first-order valence-electron chi connectivity index (χ1n) is 9.69. The average molecular weight is 419 g/mol. The molecule has 0 aromatic heterocycles. The van der Waals surface area contributed by atoms with Crippen molar-refractivity contribution >= 4 is 21.6 Å². The Bertz CT molecular complexity index is 924. The van der Waals surface area contributed by atoms with Crippen LogP contribution >= 0.6 is 0 Å². The van der Waals surface area contributed by atoms with Gasteiger partial charge in [-0.1, -0.05) is 26.0 Å². The van der Waals surface area contributed by atoms with Gasteiger partial charge in [-0.25, -0.2) is 8.42 Å². The highest BCUT2D eigenvalue weighted by atomic mass is 32.2. The van der Waals surface area contributed by atoms with Crippen LogP contribution in [-0.4, -0.2) is 34.5 Å². The third-order valence-corrected chi connectivity index (χ3v) is 6.54. The van der Waals surface area contributed by atoms with Gasteiger partial charge in [0, 0.05) is 18.7 Å². The maximum atomic E-state index is 13.0. The first-order chi connectivity index (χ1) is 13.7. The number of hydrogen-bond donors (Lipinski definition) is 1. The lowest BCUT2D eigenvalue weighted by Gasteiger charge is -2.21. The Morgan fingerprint density at radius 1 is 1.03 bits per heavy atom. The quantitative estimate of drug-likeness (QED) is 0.666. The van der Waals surface area contributed by atoms with Gasteiger partial charge in [0.2, 0.25) is 0 Å². The largest absolute Gasteiger partial charge is 0.495 e. The molecule has 158 valence electrons. The molecule has 6 nitrogen and oxygen atoms in total. The van der Waals surface area contributed by atoms with Gasteiger partial charge in [-0.15, -0.1) is 0 Å². The Balaban J connectivity index is 2.15. The first-order valence-corrected chi connectivity index (χ1v) is 11.1. The van der Waals surface area contributed by atoms with E-state index in [1.165, 1.54) is 42.7 Å². The summed E-state index contributed by atoms with van der Waals surface area (Å²) in [4.78, 5) is 12.5. The third-order valence-electron chi connectivity index (χ3n) is 4.75. The highest BCUT2D eigenvalue weighted by molar-refractivity contribution is 7.92. The molecule has 0 fully saturated rings. The van der Waals surface area contributed by atoms with E-state index in [2.05, 4.69) is 19.2 Å². The Labute approximate surface area is 173 Å². The van der Waals surface area contributed by atoms with Crippen molar-refractivity contribution in [1.29, 1.82) is 0 Å². The Kier molecular flexibility index (Phi) is 7.67. The van der Waals surface area contributed by atoms with Crippen molar-refractivity contribution in [3.8, 4) is 5.75 Å². The number of benzene rings is 2. The number of rotatable bonds is 9. The van der Waals surface area contributed by atoms with Crippen molar-refractivity contribution in [2.45, 2.75) is 44.6 Å². The van der Waals surface area contributed by atoms with Crippen LogP contribution in [0.4, 0.5) is 5.69 Å². The summed E-state index contributed by atoms with van der Waals surface area (Å²) < 4.78 is 32.4. The number of nitrogens with one attached hydrogen (secondary N) is 1. The average Bonchev–Trinajstić information content (AvgIpc) is 2.71. The van der Waals surface area contributed by atoms with E-state index in [9.17, 15) is 13.2 Å². The topological polar surface area (TPSA) is 75.7 Å². The van der Waals surface area contributed by atoms with Crippen molar-refractivity contribution in [3.05, 3.63) is 54.1 Å².